The Labute approximate surface area is 88.1 Å². The summed E-state index contributed by atoms with van der Waals surface area (Å²) in [5, 5.41) is 10.4. The first-order valence-electron chi connectivity index (χ1n) is 4.71. The topological polar surface area (TPSA) is 50.2 Å². The molecule has 0 unspecified atom stereocenters. The molecule has 0 aromatic carbocycles. The van der Waals surface area contributed by atoms with Gasteiger partial charge in [0.05, 0.1) is 10.9 Å². The van der Waals surface area contributed by atoms with Gasteiger partial charge in [-0.1, -0.05) is 25.7 Å². The normalized spacial score (nSPS) is 12.9. The SMILES string of the molecule is C=C/C=c1/ncc(C(=O)O)c/c1=C/CC. The maximum absolute atomic E-state index is 10.7. The Kier molecular flexibility index (Phi) is 3.80. The summed E-state index contributed by atoms with van der Waals surface area (Å²) in [6, 6.07) is 1.62. The highest BCUT2D eigenvalue weighted by atomic mass is 16.4. The molecule has 0 spiro atoms. The van der Waals surface area contributed by atoms with Crippen LogP contribution in [0.5, 0.6) is 0 Å². The van der Waals surface area contributed by atoms with Crippen LogP contribution in [0.15, 0.2) is 24.9 Å². The number of pyridine rings is 1. The van der Waals surface area contributed by atoms with E-state index in [1.807, 2.05) is 13.0 Å². The Morgan fingerprint density at radius 2 is 2.40 bits per heavy atom. The molecule has 3 heteroatoms. The molecule has 0 aliphatic carbocycles. The van der Waals surface area contributed by atoms with Gasteiger partial charge in [0.15, 0.2) is 0 Å². The van der Waals surface area contributed by atoms with Gasteiger partial charge in [0.2, 0.25) is 0 Å². The third-order valence-corrected chi connectivity index (χ3v) is 1.90. The fourth-order valence-corrected chi connectivity index (χ4v) is 1.24. The number of hydrogen-bond acceptors (Lipinski definition) is 2. The number of hydrogen-bond donors (Lipinski definition) is 1. The summed E-state index contributed by atoms with van der Waals surface area (Å²) < 4.78 is 0. The Morgan fingerprint density at radius 3 is 2.93 bits per heavy atom. The number of carboxylic acid groups (broad SMARTS) is 1. The van der Waals surface area contributed by atoms with Crippen molar-refractivity contribution in [1.29, 1.82) is 0 Å². The number of carboxylic acids is 1. The highest BCUT2D eigenvalue weighted by Gasteiger charge is 2.01. The van der Waals surface area contributed by atoms with Gasteiger partial charge in [0.1, 0.15) is 0 Å². The van der Waals surface area contributed by atoms with Crippen molar-refractivity contribution in [3.05, 3.63) is 41.0 Å². The second kappa shape index (κ2) is 5.10. The fraction of sp³-hybridized carbons (Fsp3) is 0.167. The molecule has 0 saturated carbocycles. The summed E-state index contributed by atoms with van der Waals surface area (Å²) in [6.45, 7) is 5.58. The van der Waals surface area contributed by atoms with Crippen LogP contribution in [0.3, 0.4) is 0 Å². The molecule has 1 aromatic heterocycles. The molecule has 1 N–H and O–H groups in total. The molecule has 1 heterocycles. The van der Waals surface area contributed by atoms with Gasteiger partial charge in [-0.3, -0.25) is 4.98 Å². The second-order valence-corrected chi connectivity index (χ2v) is 3.02. The van der Waals surface area contributed by atoms with E-state index in [4.69, 9.17) is 5.11 Å². The molecular weight excluding hydrogens is 190 g/mol. The third-order valence-electron chi connectivity index (χ3n) is 1.90. The van der Waals surface area contributed by atoms with Gasteiger partial charge in [-0.2, -0.15) is 0 Å². The van der Waals surface area contributed by atoms with Crippen molar-refractivity contribution >= 4 is 18.1 Å². The zero-order chi connectivity index (χ0) is 11.3. The molecule has 0 fully saturated rings. The highest BCUT2D eigenvalue weighted by molar-refractivity contribution is 5.87. The molecular formula is C12H13NO2. The van der Waals surface area contributed by atoms with Gasteiger partial charge in [0, 0.05) is 6.20 Å². The average Bonchev–Trinajstić information content (AvgIpc) is 2.21. The summed E-state index contributed by atoms with van der Waals surface area (Å²) in [4.78, 5) is 14.8. The Hall–Kier alpha value is -1.90. The van der Waals surface area contributed by atoms with Crippen LogP contribution in [0.4, 0.5) is 0 Å². The van der Waals surface area contributed by atoms with Gasteiger partial charge in [-0.05, 0) is 23.8 Å². The molecule has 0 atom stereocenters. The number of rotatable bonds is 3. The molecule has 0 amide bonds. The van der Waals surface area contributed by atoms with E-state index in [1.54, 1.807) is 18.2 Å². The maximum Gasteiger partial charge on any atom is 0.337 e. The Morgan fingerprint density at radius 1 is 1.67 bits per heavy atom. The monoisotopic (exact) mass is 203 g/mol. The molecule has 0 aliphatic heterocycles. The minimum atomic E-state index is -0.960. The van der Waals surface area contributed by atoms with E-state index in [1.165, 1.54) is 6.20 Å². The molecule has 78 valence electrons. The molecule has 0 aliphatic rings. The van der Waals surface area contributed by atoms with Crippen LogP contribution in [0.1, 0.15) is 23.7 Å². The van der Waals surface area contributed by atoms with Crippen LogP contribution in [-0.4, -0.2) is 16.1 Å². The zero-order valence-corrected chi connectivity index (χ0v) is 8.60. The predicted molar refractivity (Wildman–Crippen MR) is 59.9 cm³/mol. The van der Waals surface area contributed by atoms with E-state index in [-0.39, 0.29) is 5.56 Å². The number of aromatic carboxylic acids is 1. The molecule has 3 nitrogen and oxygen atoms in total. The van der Waals surface area contributed by atoms with Crippen molar-refractivity contribution in [3.63, 3.8) is 0 Å². The first kappa shape index (κ1) is 11.2. The van der Waals surface area contributed by atoms with Crippen molar-refractivity contribution in [2.75, 3.05) is 0 Å². The lowest BCUT2D eigenvalue weighted by atomic mass is 10.2. The van der Waals surface area contributed by atoms with E-state index < -0.39 is 5.97 Å². The smallest absolute Gasteiger partial charge is 0.337 e. The van der Waals surface area contributed by atoms with Crippen molar-refractivity contribution in [2.45, 2.75) is 13.3 Å². The molecule has 1 rings (SSSR count). The average molecular weight is 203 g/mol. The number of nitrogens with zero attached hydrogens (tertiary/aromatic N) is 1. The van der Waals surface area contributed by atoms with E-state index in [0.717, 1.165) is 17.0 Å². The lowest BCUT2D eigenvalue weighted by molar-refractivity contribution is 0.0696. The lowest BCUT2D eigenvalue weighted by Crippen LogP contribution is -2.29. The largest absolute Gasteiger partial charge is 0.478 e. The summed E-state index contributed by atoms with van der Waals surface area (Å²) in [6.07, 6.45) is 7.52. The van der Waals surface area contributed by atoms with Crippen LogP contribution >= 0.6 is 0 Å². The second-order valence-electron chi connectivity index (χ2n) is 3.02. The number of allylic oxidation sites excluding steroid dienone is 1. The third kappa shape index (κ3) is 2.77. The summed E-state index contributed by atoms with van der Waals surface area (Å²) in [7, 11) is 0. The standard InChI is InChI=1S/C12H13NO2/c1-3-5-9-7-10(12(14)15)8-13-11(9)6-4-2/h4-8H,2-3H2,1H3,(H,14,15)/b9-5-,11-6+. The first-order chi connectivity index (χ1) is 7.19. The predicted octanol–water partition coefficient (Wildman–Crippen LogP) is 0.937. The van der Waals surface area contributed by atoms with Crippen molar-refractivity contribution in [1.82, 2.24) is 4.98 Å². The fourth-order valence-electron chi connectivity index (χ4n) is 1.24. The van der Waals surface area contributed by atoms with Crippen LogP contribution in [-0.2, 0) is 0 Å². The minimum Gasteiger partial charge on any atom is -0.478 e. The quantitative estimate of drug-likeness (QED) is 0.795. The van der Waals surface area contributed by atoms with E-state index in [9.17, 15) is 4.79 Å². The van der Waals surface area contributed by atoms with Crippen LogP contribution in [0.25, 0.3) is 12.2 Å². The van der Waals surface area contributed by atoms with Crippen molar-refractivity contribution in [2.24, 2.45) is 0 Å². The van der Waals surface area contributed by atoms with Crippen molar-refractivity contribution < 1.29 is 9.90 Å². The first-order valence-corrected chi connectivity index (χ1v) is 4.71. The maximum atomic E-state index is 10.7. The van der Waals surface area contributed by atoms with Crippen LogP contribution in [0.2, 0.25) is 0 Å². The summed E-state index contributed by atoms with van der Waals surface area (Å²) in [5.41, 5.74) is 0.205. The van der Waals surface area contributed by atoms with Gasteiger partial charge in [-0.15, -0.1) is 0 Å². The van der Waals surface area contributed by atoms with Gasteiger partial charge in [0.25, 0.3) is 0 Å². The van der Waals surface area contributed by atoms with Gasteiger partial charge >= 0.3 is 5.97 Å². The number of carbonyl (C=O) groups is 1. The zero-order valence-electron chi connectivity index (χ0n) is 8.60. The Balaban J connectivity index is 3.47. The summed E-state index contributed by atoms with van der Waals surface area (Å²) in [5.74, 6) is -0.960. The molecule has 0 bridgehead atoms. The molecule has 0 radical (unpaired) electrons. The number of aromatic nitrogens is 1. The van der Waals surface area contributed by atoms with Gasteiger partial charge < -0.3 is 5.11 Å². The summed E-state index contributed by atoms with van der Waals surface area (Å²) >= 11 is 0. The van der Waals surface area contributed by atoms with E-state index in [0.29, 0.717) is 0 Å². The molecule has 0 saturated heterocycles. The van der Waals surface area contributed by atoms with Gasteiger partial charge in [-0.25, -0.2) is 4.79 Å². The highest BCUT2D eigenvalue weighted by Crippen LogP contribution is 1.89. The van der Waals surface area contributed by atoms with E-state index in [2.05, 4.69) is 11.6 Å². The van der Waals surface area contributed by atoms with Crippen LogP contribution < -0.4 is 10.6 Å². The van der Waals surface area contributed by atoms with E-state index >= 15 is 0 Å². The van der Waals surface area contributed by atoms with Crippen molar-refractivity contribution in [3.8, 4) is 0 Å². The molecule has 15 heavy (non-hydrogen) atoms. The Bertz CT molecular complexity index is 489. The lowest BCUT2D eigenvalue weighted by Gasteiger charge is -1.94. The minimum absolute atomic E-state index is 0.205. The van der Waals surface area contributed by atoms with Crippen LogP contribution in [0, 0.1) is 0 Å². The molecule has 1 aromatic rings.